The highest BCUT2D eigenvalue weighted by Crippen LogP contribution is 2.28. The van der Waals surface area contributed by atoms with Crippen molar-refractivity contribution in [1.29, 1.82) is 0 Å². The number of nitrogens with one attached hydrogen (secondary N) is 1. The first kappa shape index (κ1) is 17.2. The summed E-state index contributed by atoms with van der Waals surface area (Å²) in [6.07, 6.45) is 6.80. The Kier molecular flexibility index (Phi) is 5.09. The summed E-state index contributed by atoms with van der Waals surface area (Å²) in [6.45, 7) is 3.62. The molecule has 132 valence electrons. The Morgan fingerprint density at radius 1 is 1.29 bits per heavy atom. The summed E-state index contributed by atoms with van der Waals surface area (Å²) in [6, 6.07) is 5.01. The fourth-order valence-corrected chi connectivity index (χ4v) is 4.03. The average molecular weight is 333 g/mol. The molecule has 4 nitrogen and oxygen atoms in total. The van der Waals surface area contributed by atoms with E-state index in [1.54, 1.807) is 6.07 Å². The molecular formula is C19H28FN3O. The number of carbonyl (C=O) groups is 1. The van der Waals surface area contributed by atoms with E-state index >= 15 is 0 Å². The van der Waals surface area contributed by atoms with Gasteiger partial charge in [0.05, 0.1) is 5.54 Å². The first-order valence-electron chi connectivity index (χ1n) is 9.09. The second-order valence-electron chi connectivity index (χ2n) is 7.41. The van der Waals surface area contributed by atoms with E-state index in [0.29, 0.717) is 0 Å². The number of aryl methyl sites for hydroxylation is 1. The Morgan fingerprint density at radius 3 is 2.75 bits per heavy atom. The largest absolute Gasteiger partial charge is 0.369 e. The van der Waals surface area contributed by atoms with Gasteiger partial charge in [0, 0.05) is 24.8 Å². The van der Waals surface area contributed by atoms with Gasteiger partial charge in [-0.2, -0.15) is 0 Å². The third kappa shape index (κ3) is 3.72. The SMILES string of the molecule is Cc1cc(F)ccc1N1CCCC(NC(=O)C2(N)CCCCC2)C1. The van der Waals surface area contributed by atoms with Crippen molar-refractivity contribution in [3.05, 3.63) is 29.6 Å². The summed E-state index contributed by atoms with van der Waals surface area (Å²) < 4.78 is 13.3. The summed E-state index contributed by atoms with van der Waals surface area (Å²) in [4.78, 5) is 14.9. The normalized spacial score (nSPS) is 23.8. The van der Waals surface area contributed by atoms with Gasteiger partial charge in [0.1, 0.15) is 5.82 Å². The van der Waals surface area contributed by atoms with E-state index in [-0.39, 0.29) is 17.8 Å². The van der Waals surface area contributed by atoms with Gasteiger partial charge < -0.3 is 16.0 Å². The first-order valence-corrected chi connectivity index (χ1v) is 9.09. The number of hydrogen-bond acceptors (Lipinski definition) is 3. The molecule has 1 aliphatic heterocycles. The molecule has 0 bridgehead atoms. The van der Waals surface area contributed by atoms with E-state index in [2.05, 4.69) is 10.2 Å². The molecule has 1 amide bonds. The molecule has 5 heteroatoms. The number of piperidine rings is 1. The fourth-order valence-electron chi connectivity index (χ4n) is 4.03. The van der Waals surface area contributed by atoms with E-state index in [1.165, 1.54) is 12.5 Å². The summed E-state index contributed by atoms with van der Waals surface area (Å²) >= 11 is 0. The Labute approximate surface area is 143 Å². The molecule has 1 atom stereocenters. The van der Waals surface area contributed by atoms with Crippen LogP contribution in [0.15, 0.2) is 18.2 Å². The second-order valence-corrected chi connectivity index (χ2v) is 7.41. The Bertz CT molecular complexity index is 598. The lowest BCUT2D eigenvalue weighted by Crippen LogP contribution is -2.59. The molecule has 1 aromatic rings. The summed E-state index contributed by atoms with van der Waals surface area (Å²) in [5.74, 6) is -0.203. The Morgan fingerprint density at radius 2 is 2.04 bits per heavy atom. The highest BCUT2D eigenvalue weighted by Gasteiger charge is 2.36. The molecule has 1 unspecified atom stereocenters. The molecule has 1 aromatic carbocycles. The van der Waals surface area contributed by atoms with E-state index in [1.807, 2.05) is 13.0 Å². The molecule has 0 radical (unpaired) electrons. The van der Waals surface area contributed by atoms with Crippen LogP contribution in [0.2, 0.25) is 0 Å². The van der Waals surface area contributed by atoms with Gasteiger partial charge in [-0.25, -0.2) is 4.39 Å². The molecule has 0 aromatic heterocycles. The molecular weight excluding hydrogens is 305 g/mol. The Balaban J connectivity index is 1.64. The van der Waals surface area contributed by atoms with Crippen LogP contribution in [0.5, 0.6) is 0 Å². The number of anilines is 1. The van der Waals surface area contributed by atoms with Crippen molar-refractivity contribution in [3.8, 4) is 0 Å². The van der Waals surface area contributed by atoms with Crippen molar-refractivity contribution in [3.63, 3.8) is 0 Å². The average Bonchev–Trinajstić information content (AvgIpc) is 2.56. The van der Waals surface area contributed by atoms with Gasteiger partial charge in [0.2, 0.25) is 5.91 Å². The van der Waals surface area contributed by atoms with Crippen LogP contribution in [0.3, 0.4) is 0 Å². The maximum Gasteiger partial charge on any atom is 0.240 e. The quantitative estimate of drug-likeness (QED) is 0.894. The number of hydrogen-bond donors (Lipinski definition) is 2. The number of halogens is 1. The molecule has 1 saturated heterocycles. The van der Waals surface area contributed by atoms with Crippen molar-refractivity contribution >= 4 is 11.6 Å². The molecule has 2 fully saturated rings. The van der Waals surface area contributed by atoms with Gasteiger partial charge in [-0.15, -0.1) is 0 Å². The summed E-state index contributed by atoms with van der Waals surface area (Å²) in [5.41, 5.74) is 7.64. The van der Waals surface area contributed by atoms with Crippen molar-refractivity contribution in [2.75, 3.05) is 18.0 Å². The standard InChI is InChI=1S/C19H28FN3O/c1-14-12-15(20)7-8-17(14)23-11-5-6-16(13-23)22-18(24)19(21)9-3-2-4-10-19/h7-8,12,16H,2-6,9-11,13,21H2,1H3,(H,22,24). The van der Waals surface area contributed by atoms with Gasteiger partial charge in [-0.05, 0) is 56.4 Å². The van der Waals surface area contributed by atoms with Crippen molar-refractivity contribution in [2.24, 2.45) is 5.73 Å². The van der Waals surface area contributed by atoms with Crippen molar-refractivity contribution < 1.29 is 9.18 Å². The zero-order valence-electron chi connectivity index (χ0n) is 14.5. The minimum atomic E-state index is -0.688. The van der Waals surface area contributed by atoms with E-state index < -0.39 is 5.54 Å². The van der Waals surface area contributed by atoms with E-state index in [4.69, 9.17) is 5.73 Å². The van der Waals surface area contributed by atoms with Crippen LogP contribution in [-0.4, -0.2) is 30.6 Å². The van der Waals surface area contributed by atoms with E-state index in [9.17, 15) is 9.18 Å². The monoisotopic (exact) mass is 333 g/mol. The highest BCUT2D eigenvalue weighted by atomic mass is 19.1. The molecule has 3 N–H and O–H groups in total. The number of nitrogens with two attached hydrogens (primary N) is 1. The predicted molar refractivity (Wildman–Crippen MR) is 94.5 cm³/mol. The van der Waals surface area contributed by atoms with Crippen molar-refractivity contribution in [1.82, 2.24) is 5.32 Å². The maximum absolute atomic E-state index is 13.3. The fraction of sp³-hybridized carbons (Fsp3) is 0.632. The number of nitrogens with zero attached hydrogens (tertiary/aromatic N) is 1. The molecule has 1 saturated carbocycles. The number of carbonyl (C=O) groups excluding carboxylic acids is 1. The summed E-state index contributed by atoms with van der Waals surface area (Å²) in [5, 5.41) is 3.18. The molecule has 1 heterocycles. The number of benzene rings is 1. The smallest absolute Gasteiger partial charge is 0.240 e. The number of amides is 1. The van der Waals surface area contributed by atoms with Gasteiger partial charge in [-0.3, -0.25) is 4.79 Å². The van der Waals surface area contributed by atoms with Gasteiger partial charge in [0.15, 0.2) is 0 Å². The van der Waals surface area contributed by atoms with Crippen LogP contribution in [-0.2, 0) is 4.79 Å². The third-order valence-corrected chi connectivity index (χ3v) is 5.45. The number of rotatable bonds is 3. The predicted octanol–water partition coefficient (Wildman–Crippen LogP) is 2.88. The second kappa shape index (κ2) is 7.09. The van der Waals surface area contributed by atoms with Crippen LogP contribution in [0, 0.1) is 12.7 Å². The van der Waals surface area contributed by atoms with Gasteiger partial charge >= 0.3 is 0 Å². The highest BCUT2D eigenvalue weighted by molar-refractivity contribution is 5.86. The maximum atomic E-state index is 13.3. The van der Waals surface area contributed by atoms with Crippen LogP contribution < -0.4 is 16.0 Å². The molecule has 24 heavy (non-hydrogen) atoms. The minimum Gasteiger partial charge on any atom is -0.369 e. The molecule has 1 aliphatic carbocycles. The third-order valence-electron chi connectivity index (χ3n) is 5.45. The molecule has 0 spiro atoms. The van der Waals surface area contributed by atoms with Crippen LogP contribution in [0.4, 0.5) is 10.1 Å². The first-order chi connectivity index (χ1) is 11.5. The minimum absolute atomic E-state index is 0.00452. The topological polar surface area (TPSA) is 58.4 Å². The lowest BCUT2D eigenvalue weighted by atomic mass is 9.81. The van der Waals surface area contributed by atoms with Gasteiger partial charge in [0.25, 0.3) is 0 Å². The lowest BCUT2D eigenvalue weighted by Gasteiger charge is -2.38. The lowest BCUT2D eigenvalue weighted by molar-refractivity contribution is -0.128. The molecule has 3 rings (SSSR count). The van der Waals surface area contributed by atoms with E-state index in [0.717, 1.165) is 62.9 Å². The van der Waals surface area contributed by atoms with Crippen molar-refractivity contribution in [2.45, 2.75) is 63.5 Å². The van der Waals surface area contributed by atoms with Crippen LogP contribution >= 0.6 is 0 Å². The molecule has 2 aliphatic rings. The van der Waals surface area contributed by atoms with Crippen LogP contribution in [0.1, 0.15) is 50.5 Å². The zero-order chi connectivity index (χ0) is 17.2. The van der Waals surface area contributed by atoms with Gasteiger partial charge in [-0.1, -0.05) is 19.3 Å². The summed E-state index contributed by atoms with van der Waals surface area (Å²) in [7, 11) is 0. The Hall–Kier alpha value is -1.62. The van der Waals surface area contributed by atoms with Crippen LogP contribution in [0.25, 0.3) is 0 Å². The zero-order valence-corrected chi connectivity index (χ0v) is 14.5.